The maximum Gasteiger partial charge on any atom is 0.165 e. The lowest BCUT2D eigenvalue weighted by Gasteiger charge is -2.38. The lowest BCUT2D eigenvalue weighted by molar-refractivity contribution is -0.115. The van der Waals surface area contributed by atoms with Crippen molar-refractivity contribution < 1.29 is 4.79 Å². The highest BCUT2D eigenvalue weighted by molar-refractivity contribution is 5.85. The van der Waals surface area contributed by atoms with E-state index in [9.17, 15) is 10.1 Å². The molecule has 0 aromatic carbocycles. The summed E-state index contributed by atoms with van der Waals surface area (Å²) in [5.41, 5.74) is -0.835. The van der Waals surface area contributed by atoms with E-state index in [1.54, 1.807) is 0 Å². The van der Waals surface area contributed by atoms with Crippen LogP contribution in [0.15, 0.2) is 0 Å². The first-order chi connectivity index (χ1) is 8.80. The lowest BCUT2D eigenvalue weighted by Crippen LogP contribution is -2.53. The standard InChI is InChI=1S/C14H21N3O.ClH/c15-9-14(10-18)6-3-7-17(14)13-8-16-12-5-2-1-4-11(12)13;/h10-13,16H,1-8H2;1H. The molecule has 0 radical (unpaired) electrons. The molecule has 4 unspecified atom stereocenters. The van der Waals surface area contributed by atoms with Crippen LogP contribution in [0.3, 0.4) is 0 Å². The van der Waals surface area contributed by atoms with Gasteiger partial charge in [-0.1, -0.05) is 12.8 Å². The third-order valence-electron chi connectivity index (χ3n) is 5.16. The van der Waals surface area contributed by atoms with E-state index >= 15 is 0 Å². The Labute approximate surface area is 120 Å². The summed E-state index contributed by atoms with van der Waals surface area (Å²) in [4.78, 5) is 13.6. The van der Waals surface area contributed by atoms with Gasteiger partial charge in [-0.05, 0) is 31.6 Å². The van der Waals surface area contributed by atoms with Gasteiger partial charge in [0, 0.05) is 25.2 Å². The Morgan fingerprint density at radius 1 is 1.32 bits per heavy atom. The number of nitrogens with zero attached hydrogens (tertiary/aromatic N) is 2. The smallest absolute Gasteiger partial charge is 0.165 e. The number of carbonyl (C=O) groups is 1. The van der Waals surface area contributed by atoms with E-state index in [1.807, 2.05) is 0 Å². The van der Waals surface area contributed by atoms with Crippen molar-refractivity contribution in [1.82, 2.24) is 10.2 Å². The maximum absolute atomic E-state index is 11.4. The average Bonchev–Trinajstić information content (AvgIpc) is 3.02. The second-order valence-electron chi connectivity index (χ2n) is 5.98. The Morgan fingerprint density at radius 3 is 2.84 bits per heavy atom. The molecule has 4 nitrogen and oxygen atoms in total. The molecule has 1 saturated carbocycles. The summed E-state index contributed by atoms with van der Waals surface area (Å²) in [6.07, 6.45) is 7.69. The summed E-state index contributed by atoms with van der Waals surface area (Å²) in [6, 6.07) is 3.29. The third kappa shape index (κ3) is 2.29. The number of hydrogen-bond donors (Lipinski definition) is 1. The molecule has 5 heteroatoms. The van der Waals surface area contributed by atoms with Crippen molar-refractivity contribution in [2.24, 2.45) is 5.92 Å². The molecule has 1 aliphatic carbocycles. The van der Waals surface area contributed by atoms with Crippen molar-refractivity contribution in [3.05, 3.63) is 0 Å². The van der Waals surface area contributed by atoms with Gasteiger partial charge in [0.1, 0.15) is 0 Å². The normalized spacial score (nSPS) is 42.2. The van der Waals surface area contributed by atoms with Crippen LogP contribution in [-0.4, -0.2) is 41.9 Å². The van der Waals surface area contributed by atoms with E-state index in [0.717, 1.165) is 25.8 Å². The molecule has 2 saturated heterocycles. The van der Waals surface area contributed by atoms with E-state index in [1.165, 1.54) is 25.7 Å². The van der Waals surface area contributed by atoms with Gasteiger partial charge in [0.05, 0.1) is 6.07 Å². The maximum atomic E-state index is 11.4. The van der Waals surface area contributed by atoms with Gasteiger partial charge in [0.2, 0.25) is 0 Å². The zero-order valence-electron chi connectivity index (χ0n) is 11.2. The highest BCUT2D eigenvalue weighted by atomic mass is 35.5. The second-order valence-corrected chi connectivity index (χ2v) is 5.98. The molecule has 2 heterocycles. The van der Waals surface area contributed by atoms with Crippen molar-refractivity contribution in [3.63, 3.8) is 0 Å². The third-order valence-corrected chi connectivity index (χ3v) is 5.16. The molecule has 2 aliphatic heterocycles. The predicted octanol–water partition coefficient (Wildman–Crippen LogP) is 1.50. The van der Waals surface area contributed by atoms with Gasteiger partial charge in [-0.3, -0.25) is 4.90 Å². The van der Waals surface area contributed by atoms with Gasteiger partial charge in [-0.15, -0.1) is 12.4 Å². The Balaban J connectivity index is 0.00000133. The number of likely N-dealkylation sites (tertiary alicyclic amines) is 1. The SMILES string of the molecule is Cl.N#CC1(C=O)CCCN1C1CNC2CCCCC21. The number of rotatable bonds is 2. The summed E-state index contributed by atoms with van der Waals surface area (Å²) in [5, 5.41) is 13.0. The Morgan fingerprint density at radius 2 is 2.11 bits per heavy atom. The van der Waals surface area contributed by atoms with Gasteiger partial charge < -0.3 is 10.1 Å². The van der Waals surface area contributed by atoms with Crippen molar-refractivity contribution in [3.8, 4) is 6.07 Å². The van der Waals surface area contributed by atoms with E-state index < -0.39 is 5.54 Å². The highest BCUT2D eigenvalue weighted by Crippen LogP contribution is 2.39. The van der Waals surface area contributed by atoms with Crippen LogP contribution in [0.2, 0.25) is 0 Å². The minimum absolute atomic E-state index is 0. The van der Waals surface area contributed by atoms with Crippen LogP contribution in [-0.2, 0) is 4.79 Å². The summed E-state index contributed by atoms with van der Waals surface area (Å²) in [6.45, 7) is 1.86. The molecule has 0 amide bonds. The van der Waals surface area contributed by atoms with Crippen LogP contribution in [0.5, 0.6) is 0 Å². The fraction of sp³-hybridized carbons (Fsp3) is 0.857. The predicted molar refractivity (Wildman–Crippen MR) is 75.1 cm³/mol. The van der Waals surface area contributed by atoms with Crippen molar-refractivity contribution in [2.75, 3.05) is 13.1 Å². The summed E-state index contributed by atoms with van der Waals surface area (Å²) in [7, 11) is 0. The fourth-order valence-corrected chi connectivity index (χ4v) is 4.24. The van der Waals surface area contributed by atoms with Crippen LogP contribution in [0, 0.1) is 17.2 Å². The highest BCUT2D eigenvalue weighted by Gasteiger charge is 2.50. The minimum Gasteiger partial charge on any atom is -0.312 e. The zero-order chi connectivity index (χ0) is 12.6. The number of carbonyl (C=O) groups excluding carboxylic acids is 1. The van der Waals surface area contributed by atoms with Crippen molar-refractivity contribution >= 4 is 18.7 Å². The molecule has 0 aromatic heterocycles. The molecular weight excluding hydrogens is 262 g/mol. The summed E-state index contributed by atoms with van der Waals surface area (Å²) in [5.74, 6) is 0.643. The monoisotopic (exact) mass is 283 g/mol. The van der Waals surface area contributed by atoms with Gasteiger partial charge in [-0.2, -0.15) is 5.26 Å². The number of halogens is 1. The van der Waals surface area contributed by atoms with Crippen LogP contribution in [0.4, 0.5) is 0 Å². The molecule has 4 atom stereocenters. The van der Waals surface area contributed by atoms with Crippen LogP contribution in [0.1, 0.15) is 38.5 Å². The quantitative estimate of drug-likeness (QED) is 0.780. The number of hydrogen-bond acceptors (Lipinski definition) is 4. The van der Waals surface area contributed by atoms with E-state index in [0.29, 0.717) is 24.4 Å². The number of aldehydes is 1. The van der Waals surface area contributed by atoms with Crippen molar-refractivity contribution in [1.29, 1.82) is 5.26 Å². The molecule has 1 N–H and O–H groups in total. The van der Waals surface area contributed by atoms with Crippen LogP contribution < -0.4 is 5.32 Å². The Kier molecular flexibility index (Phi) is 4.50. The Hall–Kier alpha value is -0.630. The molecular formula is C14H22ClN3O. The molecule has 3 rings (SSSR count). The molecule has 0 bridgehead atoms. The molecule has 19 heavy (non-hydrogen) atoms. The van der Waals surface area contributed by atoms with E-state index in [2.05, 4.69) is 16.3 Å². The molecule has 106 valence electrons. The molecule has 0 spiro atoms. The van der Waals surface area contributed by atoms with Crippen LogP contribution in [0.25, 0.3) is 0 Å². The topological polar surface area (TPSA) is 56.1 Å². The number of nitriles is 1. The second kappa shape index (κ2) is 5.78. The Bertz CT molecular complexity index is 383. The fourth-order valence-electron chi connectivity index (χ4n) is 4.24. The lowest BCUT2D eigenvalue weighted by atomic mass is 9.81. The van der Waals surface area contributed by atoms with E-state index in [-0.39, 0.29) is 12.4 Å². The zero-order valence-corrected chi connectivity index (χ0v) is 12.0. The molecule has 0 aromatic rings. The van der Waals surface area contributed by atoms with Crippen LogP contribution >= 0.6 is 12.4 Å². The first kappa shape index (κ1) is 14.8. The molecule has 3 aliphatic rings. The summed E-state index contributed by atoms with van der Waals surface area (Å²) < 4.78 is 0. The van der Waals surface area contributed by atoms with Gasteiger partial charge in [-0.25, -0.2) is 0 Å². The minimum atomic E-state index is -0.835. The molecule has 3 fully saturated rings. The van der Waals surface area contributed by atoms with E-state index in [4.69, 9.17) is 0 Å². The summed E-state index contributed by atoms with van der Waals surface area (Å²) >= 11 is 0. The van der Waals surface area contributed by atoms with Gasteiger partial charge in [0.15, 0.2) is 11.8 Å². The number of nitrogens with one attached hydrogen (secondary N) is 1. The van der Waals surface area contributed by atoms with Gasteiger partial charge in [0.25, 0.3) is 0 Å². The first-order valence-corrected chi connectivity index (χ1v) is 7.18. The largest absolute Gasteiger partial charge is 0.312 e. The average molecular weight is 284 g/mol. The van der Waals surface area contributed by atoms with Crippen molar-refractivity contribution in [2.45, 2.75) is 56.1 Å². The number of fused-ring (bicyclic) bond motifs is 1. The first-order valence-electron chi connectivity index (χ1n) is 7.18. The van der Waals surface area contributed by atoms with Gasteiger partial charge >= 0.3 is 0 Å².